The lowest BCUT2D eigenvalue weighted by Gasteiger charge is -2.14. The van der Waals surface area contributed by atoms with E-state index in [1.165, 1.54) is 7.11 Å². The largest absolute Gasteiger partial charge is 0.465 e. The van der Waals surface area contributed by atoms with Gasteiger partial charge in [-0.1, -0.05) is 12.1 Å². The Kier molecular flexibility index (Phi) is 4.89. The van der Waals surface area contributed by atoms with E-state index in [1.807, 2.05) is 31.2 Å². The number of aromatic nitrogens is 1. The summed E-state index contributed by atoms with van der Waals surface area (Å²) in [6.07, 6.45) is 0. The molecule has 5 heteroatoms. The Bertz CT molecular complexity index is 747. The average molecular weight is 314 g/mol. The first-order valence-corrected chi connectivity index (χ1v) is 7.50. The van der Waals surface area contributed by atoms with Crippen molar-refractivity contribution in [2.24, 2.45) is 0 Å². The lowest BCUT2D eigenvalue weighted by atomic mass is 10.0. The minimum absolute atomic E-state index is 0.0951. The molecule has 122 valence electrons. The van der Waals surface area contributed by atoms with Crippen LogP contribution in [-0.2, 0) is 4.74 Å². The molecule has 5 nitrogen and oxygen atoms in total. The van der Waals surface area contributed by atoms with E-state index < -0.39 is 12.0 Å². The smallest absolute Gasteiger partial charge is 0.339 e. The molecule has 0 amide bonds. The number of aryl methyl sites for hydroxylation is 2. The van der Waals surface area contributed by atoms with Gasteiger partial charge in [-0.05, 0) is 51.0 Å². The lowest BCUT2D eigenvalue weighted by Crippen LogP contribution is -2.27. The van der Waals surface area contributed by atoms with E-state index >= 15 is 0 Å². The standard InChI is InChI=1S/C18H22N2O3/c1-10-7-6-8-14(9-10)19-13(4)17(21)16-11(2)15(12(3)20-16)18(22)23-5/h6-9,13,19-20H,1-5H3/t13-/m0/s1. The molecule has 2 aromatic rings. The zero-order valence-corrected chi connectivity index (χ0v) is 14.1. The summed E-state index contributed by atoms with van der Waals surface area (Å²) >= 11 is 0. The van der Waals surface area contributed by atoms with Gasteiger partial charge in [0, 0.05) is 11.4 Å². The van der Waals surface area contributed by atoms with Crippen LogP contribution in [0.4, 0.5) is 5.69 Å². The number of aromatic amines is 1. The van der Waals surface area contributed by atoms with Gasteiger partial charge >= 0.3 is 5.97 Å². The number of H-pyrrole nitrogens is 1. The SMILES string of the molecule is COC(=O)c1c(C)[nH]c(C(=O)[C@H](C)Nc2cccc(C)c2)c1C. The number of esters is 1. The van der Waals surface area contributed by atoms with Gasteiger partial charge in [-0.15, -0.1) is 0 Å². The molecule has 0 spiro atoms. The highest BCUT2D eigenvalue weighted by atomic mass is 16.5. The molecule has 0 aliphatic heterocycles. The van der Waals surface area contributed by atoms with Gasteiger partial charge in [0.1, 0.15) is 0 Å². The molecule has 0 saturated heterocycles. The predicted octanol–water partition coefficient (Wildman–Crippen LogP) is 3.41. The first-order valence-electron chi connectivity index (χ1n) is 7.50. The molecule has 1 atom stereocenters. The van der Waals surface area contributed by atoms with Crippen molar-refractivity contribution in [2.45, 2.75) is 33.7 Å². The third-order valence-corrected chi connectivity index (χ3v) is 3.87. The third kappa shape index (κ3) is 3.44. The van der Waals surface area contributed by atoms with Crippen LogP contribution in [-0.4, -0.2) is 29.9 Å². The van der Waals surface area contributed by atoms with Crippen LogP contribution in [0.2, 0.25) is 0 Å². The van der Waals surface area contributed by atoms with Gasteiger partial charge in [-0.25, -0.2) is 4.79 Å². The number of anilines is 1. The van der Waals surface area contributed by atoms with Gasteiger partial charge in [-0.2, -0.15) is 0 Å². The fraction of sp³-hybridized carbons (Fsp3) is 0.333. The molecule has 0 saturated carbocycles. The van der Waals surface area contributed by atoms with E-state index in [1.54, 1.807) is 20.8 Å². The first kappa shape index (κ1) is 16.8. The second kappa shape index (κ2) is 6.69. The molecule has 0 unspecified atom stereocenters. The van der Waals surface area contributed by atoms with Crippen molar-refractivity contribution >= 4 is 17.4 Å². The van der Waals surface area contributed by atoms with Gasteiger partial charge in [-0.3, -0.25) is 4.79 Å². The van der Waals surface area contributed by atoms with Crippen LogP contribution < -0.4 is 5.32 Å². The highest BCUT2D eigenvalue weighted by Gasteiger charge is 2.25. The van der Waals surface area contributed by atoms with E-state index in [0.29, 0.717) is 22.5 Å². The second-order valence-corrected chi connectivity index (χ2v) is 5.72. The topological polar surface area (TPSA) is 71.2 Å². The maximum Gasteiger partial charge on any atom is 0.339 e. The summed E-state index contributed by atoms with van der Waals surface area (Å²) in [4.78, 5) is 27.5. The summed E-state index contributed by atoms with van der Waals surface area (Å²) in [6, 6.07) is 7.42. The Balaban J connectivity index is 2.25. The van der Waals surface area contributed by atoms with Gasteiger partial charge in [0.2, 0.25) is 5.78 Å². The molecule has 2 N–H and O–H groups in total. The van der Waals surface area contributed by atoms with Crippen LogP contribution >= 0.6 is 0 Å². The molecule has 23 heavy (non-hydrogen) atoms. The molecule has 0 aliphatic carbocycles. The van der Waals surface area contributed by atoms with Crippen molar-refractivity contribution in [3.05, 3.63) is 52.3 Å². The van der Waals surface area contributed by atoms with Crippen LogP contribution in [0.15, 0.2) is 24.3 Å². The predicted molar refractivity (Wildman–Crippen MR) is 90.2 cm³/mol. The first-order chi connectivity index (χ1) is 10.8. The molecular weight excluding hydrogens is 292 g/mol. The Labute approximate surface area is 136 Å². The van der Waals surface area contributed by atoms with E-state index in [4.69, 9.17) is 4.74 Å². The van der Waals surface area contributed by atoms with E-state index in [9.17, 15) is 9.59 Å². The average Bonchev–Trinajstić information content (AvgIpc) is 2.80. The Morgan fingerprint density at radius 2 is 1.91 bits per heavy atom. The van der Waals surface area contributed by atoms with Crippen molar-refractivity contribution in [1.82, 2.24) is 4.98 Å². The fourth-order valence-corrected chi connectivity index (χ4v) is 2.67. The molecule has 0 radical (unpaired) electrons. The number of ether oxygens (including phenoxy) is 1. The summed E-state index contributed by atoms with van der Waals surface area (Å²) in [7, 11) is 1.33. The minimum Gasteiger partial charge on any atom is -0.465 e. The van der Waals surface area contributed by atoms with Crippen LogP contribution in [0.1, 0.15) is 44.6 Å². The number of ketones is 1. The Morgan fingerprint density at radius 1 is 1.22 bits per heavy atom. The minimum atomic E-state index is -0.436. The summed E-state index contributed by atoms with van der Waals surface area (Å²) in [5.41, 5.74) is 4.14. The molecule has 1 aromatic heterocycles. The second-order valence-electron chi connectivity index (χ2n) is 5.72. The van der Waals surface area contributed by atoms with Gasteiger partial charge in [0.05, 0.1) is 24.4 Å². The monoisotopic (exact) mass is 314 g/mol. The molecule has 2 rings (SSSR count). The van der Waals surface area contributed by atoms with Gasteiger partial charge in [0.15, 0.2) is 0 Å². The highest BCUT2D eigenvalue weighted by molar-refractivity contribution is 6.04. The number of Topliss-reactive ketones (excluding diaryl/α,β-unsaturated/α-hetero) is 1. The van der Waals surface area contributed by atoms with Crippen LogP contribution in [0, 0.1) is 20.8 Å². The molecule has 0 bridgehead atoms. The van der Waals surface area contributed by atoms with Crippen molar-refractivity contribution in [2.75, 3.05) is 12.4 Å². The summed E-state index contributed by atoms with van der Waals surface area (Å²) < 4.78 is 4.77. The number of nitrogens with one attached hydrogen (secondary N) is 2. The highest BCUT2D eigenvalue weighted by Crippen LogP contribution is 2.21. The van der Waals surface area contributed by atoms with Crippen LogP contribution in [0.3, 0.4) is 0 Å². The van der Waals surface area contributed by atoms with Crippen LogP contribution in [0.25, 0.3) is 0 Å². The van der Waals surface area contributed by atoms with Gasteiger partial charge in [0.25, 0.3) is 0 Å². The van der Waals surface area contributed by atoms with Crippen molar-refractivity contribution in [3.63, 3.8) is 0 Å². The van der Waals surface area contributed by atoms with E-state index in [-0.39, 0.29) is 5.78 Å². The quantitative estimate of drug-likeness (QED) is 0.655. The lowest BCUT2D eigenvalue weighted by molar-refractivity contribution is 0.0599. The summed E-state index contributed by atoms with van der Waals surface area (Å²) in [5.74, 6) is -0.531. The number of rotatable bonds is 5. The molecule has 1 heterocycles. The molecule has 0 aliphatic rings. The molecule has 0 fully saturated rings. The summed E-state index contributed by atoms with van der Waals surface area (Å²) in [5, 5.41) is 3.19. The number of hydrogen-bond acceptors (Lipinski definition) is 4. The van der Waals surface area contributed by atoms with Crippen molar-refractivity contribution in [1.29, 1.82) is 0 Å². The van der Waals surface area contributed by atoms with E-state index in [0.717, 1.165) is 11.3 Å². The number of methoxy groups -OCH3 is 1. The van der Waals surface area contributed by atoms with Crippen molar-refractivity contribution < 1.29 is 14.3 Å². The Hall–Kier alpha value is -2.56. The molecular formula is C18H22N2O3. The van der Waals surface area contributed by atoms with Crippen LogP contribution in [0.5, 0.6) is 0 Å². The zero-order chi connectivity index (χ0) is 17.1. The third-order valence-electron chi connectivity index (χ3n) is 3.87. The fourth-order valence-electron chi connectivity index (χ4n) is 2.67. The number of carbonyl (C=O) groups is 2. The maximum absolute atomic E-state index is 12.7. The van der Waals surface area contributed by atoms with Gasteiger partial charge < -0.3 is 15.0 Å². The number of benzene rings is 1. The Morgan fingerprint density at radius 3 is 2.52 bits per heavy atom. The number of hydrogen-bond donors (Lipinski definition) is 2. The van der Waals surface area contributed by atoms with E-state index in [2.05, 4.69) is 10.3 Å². The zero-order valence-electron chi connectivity index (χ0n) is 14.1. The number of carbonyl (C=O) groups excluding carboxylic acids is 2. The molecule has 1 aromatic carbocycles. The normalized spacial score (nSPS) is 11.9. The summed E-state index contributed by atoms with van der Waals surface area (Å²) in [6.45, 7) is 7.31. The van der Waals surface area contributed by atoms with Crippen molar-refractivity contribution in [3.8, 4) is 0 Å². The maximum atomic E-state index is 12.7.